The summed E-state index contributed by atoms with van der Waals surface area (Å²) in [5, 5.41) is 7.04. The van der Waals surface area contributed by atoms with E-state index in [-0.39, 0.29) is 18.1 Å². The molecular formula is C14H23N4O6PS. The molecule has 0 bridgehead atoms. The minimum absolute atomic E-state index is 0.198. The summed E-state index contributed by atoms with van der Waals surface area (Å²) in [4.78, 5) is 36.7. The number of hydrogen-bond acceptors (Lipinski definition) is 7. The third-order valence-corrected chi connectivity index (χ3v) is 9.54. The van der Waals surface area contributed by atoms with Gasteiger partial charge in [-0.05, 0) is 28.2 Å². The molecule has 1 unspecified atom stereocenters. The van der Waals surface area contributed by atoms with Gasteiger partial charge in [0.15, 0.2) is 0 Å². The Hall–Kier alpha value is -1.39. The lowest BCUT2D eigenvalue weighted by Crippen LogP contribution is -2.79. The van der Waals surface area contributed by atoms with Gasteiger partial charge in [0.05, 0.1) is 0 Å². The number of carboxylic acids is 1. The maximum atomic E-state index is 13.6. The smallest absolute Gasteiger partial charge is 0.352 e. The van der Waals surface area contributed by atoms with Gasteiger partial charge in [-0.3, -0.25) is 19.1 Å². The lowest BCUT2D eigenvalue weighted by atomic mass is 10.0. The van der Waals surface area contributed by atoms with Crippen LogP contribution in [0.2, 0.25) is 0 Å². The van der Waals surface area contributed by atoms with Gasteiger partial charge in [-0.1, -0.05) is 0 Å². The number of aliphatic carboxylic acids is 1. The molecule has 0 spiro atoms. The minimum atomic E-state index is -3.50. The monoisotopic (exact) mass is 406 g/mol. The summed E-state index contributed by atoms with van der Waals surface area (Å²) in [7, 11) is 2.77. The van der Waals surface area contributed by atoms with Crippen LogP contribution in [0.1, 0.15) is 6.92 Å². The molecule has 0 saturated carbocycles. The van der Waals surface area contributed by atoms with Gasteiger partial charge in [-0.15, -0.1) is 11.8 Å². The molecule has 1 saturated heterocycles. The molecule has 2 aliphatic heterocycles. The highest BCUT2D eigenvalue weighted by atomic mass is 32.2. The van der Waals surface area contributed by atoms with Gasteiger partial charge >= 0.3 is 11.9 Å². The van der Waals surface area contributed by atoms with Gasteiger partial charge in [0.1, 0.15) is 17.7 Å². The van der Waals surface area contributed by atoms with Crippen LogP contribution in [0.15, 0.2) is 11.3 Å². The van der Waals surface area contributed by atoms with E-state index in [1.165, 1.54) is 28.0 Å². The van der Waals surface area contributed by atoms with E-state index in [9.17, 15) is 24.1 Å². The first kappa shape index (κ1) is 20.9. The number of carboxylic acid groups (broad SMARTS) is 1. The molecule has 0 aliphatic carbocycles. The standard InChI is InChI=1S/C14H23N4O6PS/c1-8(19)24-6-9-7-26-13-14(15,25(23,16(2)3)17(4)5)12(22)18(13)10(9)11(20)21/h13H,6-7,15H2,1-5H3,(H,20,21)/t13-,14?/m1/s1. The molecule has 0 radical (unpaired) electrons. The molecule has 10 nitrogen and oxygen atoms in total. The van der Waals surface area contributed by atoms with Crippen LogP contribution in [-0.2, 0) is 23.7 Å². The zero-order valence-corrected chi connectivity index (χ0v) is 17.0. The predicted molar refractivity (Wildman–Crippen MR) is 96.3 cm³/mol. The van der Waals surface area contributed by atoms with Crippen LogP contribution >= 0.6 is 19.2 Å². The van der Waals surface area contributed by atoms with E-state index in [0.29, 0.717) is 5.57 Å². The molecule has 2 atom stereocenters. The second kappa shape index (κ2) is 6.97. The van der Waals surface area contributed by atoms with Gasteiger partial charge in [-0.25, -0.2) is 14.1 Å². The van der Waals surface area contributed by atoms with Crippen LogP contribution in [0.3, 0.4) is 0 Å². The minimum Gasteiger partial charge on any atom is -0.477 e. The van der Waals surface area contributed by atoms with Crippen molar-refractivity contribution in [1.29, 1.82) is 0 Å². The lowest BCUT2D eigenvalue weighted by Gasteiger charge is -2.59. The second-order valence-corrected chi connectivity index (χ2v) is 10.9. The summed E-state index contributed by atoms with van der Waals surface area (Å²) in [6.07, 6.45) is 0. The number of thioether (sulfide) groups is 1. The Bertz CT molecular complexity index is 727. The molecule has 0 aromatic heterocycles. The van der Waals surface area contributed by atoms with Gasteiger partial charge in [0.25, 0.3) is 5.91 Å². The van der Waals surface area contributed by atoms with Crippen molar-refractivity contribution in [3.05, 3.63) is 11.3 Å². The SMILES string of the molecule is CC(=O)OCC1=C(C(=O)O)N2C(=O)C(N)(P(=O)(N(C)C)N(C)C)[C@H]2SC1. The topological polar surface area (TPSA) is 133 Å². The third kappa shape index (κ3) is 2.78. The Morgan fingerprint density at radius 1 is 1.38 bits per heavy atom. The molecular weight excluding hydrogens is 383 g/mol. The average molecular weight is 406 g/mol. The number of rotatable bonds is 6. The Balaban J connectivity index is 2.47. The lowest BCUT2D eigenvalue weighted by molar-refractivity contribution is -0.150. The van der Waals surface area contributed by atoms with E-state index < -0.39 is 35.9 Å². The first-order valence-corrected chi connectivity index (χ1v) is 10.3. The second-order valence-electron chi connectivity index (χ2n) is 6.44. The Labute approximate surface area is 155 Å². The zero-order valence-electron chi connectivity index (χ0n) is 15.3. The van der Waals surface area contributed by atoms with Crippen molar-refractivity contribution in [3.8, 4) is 0 Å². The van der Waals surface area contributed by atoms with Crippen LogP contribution in [0, 0.1) is 0 Å². The normalized spacial score (nSPS) is 26.1. The van der Waals surface area contributed by atoms with E-state index in [4.69, 9.17) is 10.5 Å². The van der Waals surface area contributed by atoms with E-state index in [1.54, 1.807) is 28.2 Å². The Kier molecular flexibility index (Phi) is 5.61. The summed E-state index contributed by atoms with van der Waals surface area (Å²) >= 11 is 1.21. The fourth-order valence-electron chi connectivity index (χ4n) is 3.22. The summed E-state index contributed by atoms with van der Waals surface area (Å²) in [5.41, 5.74) is 6.39. The molecule has 0 aromatic rings. The van der Waals surface area contributed by atoms with Gasteiger partial charge < -0.3 is 15.6 Å². The average Bonchev–Trinajstić information content (AvgIpc) is 2.56. The van der Waals surface area contributed by atoms with Crippen molar-refractivity contribution in [2.24, 2.45) is 5.73 Å². The van der Waals surface area contributed by atoms with Crippen molar-refractivity contribution in [1.82, 2.24) is 14.2 Å². The fraction of sp³-hybridized carbons (Fsp3) is 0.643. The number of hydrogen-bond donors (Lipinski definition) is 2. The number of nitrogens with two attached hydrogens (primary N) is 1. The summed E-state index contributed by atoms with van der Waals surface area (Å²) in [5.74, 6) is -2.40. The molecule has 2 rings (SSSR count). The van der Waals surface area contributed by atoms with E-state index >= 15 is 0 Å². The number of fused-ring (bicyclic) bond motifs is 1. The van der Waals surface area contributed by atoms with E-state index in [0.717, 1.165) is 4.90 Å². The highest BCUT2D eigenvalue weighted by Gasteiger charge is 2.72. The van der Waals surface area contributed by atoms with Crippen molar-refractivity contribution in [2.45, 2.75) is 17.6 Å². The van der Waals surface area contributed by atoms with E-state index in [2.05, 4.69) is 0 Å². The number of ether oxygens (including phenoxy) is 1. The van der Waals surface area contributed by atoms with Gasteiger partial charge in [-0.2, -0.15) is 0 Å². The van der Waals surface area contributed by atoms with Crippen molar-refractivity contribution < 1.29 is 28.8 Å². The highest BCUT2D eigenvalue weighted by molar-refractivity contribution is 8.00. The van der Waals surface area contributed by atoms with Crippen molar-refractivity contribution in [3.63, 3.8) is 0 Å². The van der Waals surface area contributed by atoms with Crippen LogP contribution in [0.4, 0.5) is 0 Å². The van der Waals surface area contributed by atoms with Crippen molar-refractivity contribution >= 4 is 37.1 Å². The molecule has 1 amide bonds. The molecule has 3 N–H and O–H groups in total. The van der Waals surface area contributed by atoms with Crippen LogP contribution < -0.4 is 5.73 Å². The van der Waals surface area contributed by atoms with E-state index in [1.807, 2.05) is 0 Å². The maximum absolute atomic E-state index is 13.6. The first-order valence-electron chi connectivity index (χ1n) is 7.69. The number of amides is 1. The van der Waals surface area contributed by atoms with Crippen LogP contribution in [0.5, 0.6) is 0 Å². The number of esters is 1. The fourth-order valence-corrected chi connectivity index (χ4v) is 7.93. The van der Waals surface area contributed by atoms with Gasteiger partial charge in [0.2, 0.25) is 12.7 Å². The number of nitrogens with zero attached hydrogens (tertiary/aromatic N) is 3. The molecule has 2 heterocycles. The summed E-state index contributed by atoms with van der Waals surface area (Å²) in [6.45, 7) is 0.987. The number of carbonyl (C=O) groups excluding carboxylic acids is 2. The predicted octanol–water partition coefficient (Wildman–Crippen LogP) is -0.225. The summed E-state index contributed by atoms with van der Waals surface area (Å²) < 4.78 is 21.3. The summed E-state index contributed by atoms with van der Waals surface area (Å²) in [6, 6.07) is 0. The first-order chi connectivity index (χ1) is 11.9. The molecule has 0 aromatic carbocycles. The molecule has 26 heavy (non-hydrogen) atoms. The molecule has 2 aliphatic rings. The Morgan fingerprint density at radius 3 is 2.35 bits per heavy atom. The van der Waals surface area contributed by atoms with Crippen molar-refractivity contribution in [2.75, 3.05) is 40.6 Å². The number of carbonyl (C=O) groups is 3. The quantitative estimate of drug-likeness (QED) is 0.346. The third-order valence-electron chi connectivity index (χ3n) is 4.38. The molecule has 146 valence electrons. The van der Waals surface area contributed by atoms with Crippen LogP contribution in [0.25, 0.3) is 0 Å². The van der Waals surface area contributed by atoms with Crippen LogP contribution in [-0.4, -0.2) is 88.4 Å². The highest BCUT2D eigenvalue weighted by Crippen LogP contribution is 2.67. The zero-order chi connectivity index (χ0) is 20.0. The largest absolute Gasteiger partial charge is 0.477 e. The Morgan fingerprint density at radius 2 is 1.92 bits per heavy atom. The number of β-lactam (4-membered cyclic amide) rings is 1. The molecule has 12 heteroatoms. The molecule has 1 fully saturated rings. The van der Waals surface area contributed by atoms with Gasteiger partial charge in [0, 0.05) is 18.2 Å². The maximum Gasteiger partial charge on any atom is 0.352 e.